The summed E-state index contributed by atoms with van der Waals surface area (Å²) in [6.07, 6.45) is 5.69. The van der Waals surface area contributed by atoms with Gasteiger partial charge in [-0.25, -0.2) is 4.79 Å². The molecule has 0 saturated carbocycles. The maximum absolute atomic E-state index is 12.6. The number of aromatic nitrogens is 2. The Morgan fingerprint density at radius 3 is 2.97 bits per heavy atom. The number of hydrogen-bond donors (Lipinski definition) is 1. The summed E-state index contributed by atoms with van der Waals surface area (Å²) in [5, 5.41) is 3.63. The molecule has 1 aromatic heterocycles. The molecule has 32 heavy (non-hydrogen) atoms. The summed E-state index contributed by atoms with van der Waals surface area (Å²) in [7, 11) is 0. The fourth-order valence-corrected chi connectivity index (χ4v) is 4.41. The first-order valence-corrected chi connectivity index (χ1v) is 12.0. The molecule has 2 aliphatic heterocycles. The predicted octanol–water partition coefficient (Wildman–Crippen LogP) is 3.89. The molecule has 1 fully saturated rings. The van der Waals surface area contributed by atoms with Gasteiger partial charge >= 0.3 is 5.69 Å². The number of aryl methyl sites for hydroxylation is 1. The summed E-state index contributed by atoms with van der Waals surface area (Å²) >= 11 is 0. The maximum atomic E-state index is 12.6. The molecule has 7 nitrogen and oxygen atoms in total. The number of hydrogen-bond acceptors (Lipinski definition) is 6. The van der Waals surface area contributed by atoms with Gasteiger partial charge in [-0.15, -0.1) is 0 Å². The summed E-state index contributed by atoms with van der Waals surface area (Å²) < 4.78 is 18.6. The number of nitrogens with zero attached hydrogens (tertiary/aromatic N) is 2. The highest BCUT2D eigenvalue weighted by Gasteiger charge is 2.21. The van der Waals surface area contributed by atoms with Crippen molar-refractivity contribution in [2.24, 2.45) is 5.92 Å². The van der Waals surface area contributed by atoms with Crippen LogP contribution in [0, 0.1) is 5.92 Å². The van der Waals surface area contributed by atoms with Crippen LogP contribution in [0.15, 0.2) is 29.1 Å². The van der Waals surface area contributed by atoms with E-state index in [2.05, 4.69) is 42.3 Å². The summed E-state index contributed by atoms with van der Waals surface area (Å²) in [4.78, 5) is 16.7. The van der Waals surface area contributed by atoms with E-state index >= 15 is 0 Å². The molecule has 2 atom stereocenters. The van der Waals surface area contributed by atoms with Crippen molar-refractivity contribution in [1.82, 2.24) is 9.55 Å². The van der Waals surface area contributed by atoms with Crippen LogP contribution in [0.3, 0.4) is 0 Å². The standard InChI is InChI=1S/C25H35N3O4/c1-3-5-6-18(4-2)15-26-20-7-8-22-19(13-20)9-10-28-23(22)14-24(27-25(28)29)32-17-21-16-30-11-12-31-21/h7-8,13-14,18,21,26H,3-6,9-12,15-17H2,1-2H3/t18?,21-/m0/s1. The Morgan fingerprint density at radius 2 is 2.19 bits per heavy atom. The van der Waals surface area contributed by atoms with E-state index in [1.165, 1.54) is 31.2 Å². The smallest absolute Gasteiger partial charge is 0.351 e. The molecular formula is C25H35N3O4. The second-order valence-corrected chi connectivity index (χ2v) is 8.71. The molecule has 2 aliphatic rings. The Bertz CT molecular complexity index is 953. The van der Waals surface area contributed by atoms with Crippen LogP contribution in [0.5, 0.6) is 5.88 Å². The van der Waals surface area contributed by atoms with Crippen LogP contribution in [0.2, 0.25) is 0 Å². The predicted molar refractivity (Wildman–Crippen MR) is 125 cm³/mol. The molecule has 4 rings (SSSR count). The summed E-state index contributed by atoms with van der Waals surface area (Å²) in [5.41, 5.74) is 4.06. The third kappa shape index (κ3) is 5.51. The highest BCUT2D eigenvalue weighted by Crippen LogP contribution is 2.32. The fraction of sp³-hybridized carbons (Fsp3) is 0.600. The van der Waals surface area contributed by atoms with Gasteiger partial charge < -0.3 is 19.5 Å². The number of benzene rings is 1. The van der Waals surface area contributed by atoms with Crippen molar-refractivity contribution in [3.63, 3.8) is 0 Å². The molecule has 1 N–H and O–H groups in total. The van der Waals surface area contributed by atoms with E-state index in [0.29, 0.717) is 44.8 Å². The highest BCUT2D eigenvalue weighted by molar-refractivity contribution is 5.69. The van der Waals surface area contributed by atoms with Crippen LogP contribution in [0.1, 0.15) is 45.1 Å². The lowest BCUT2D eigenvalue weighted by molar-refractivity contribution is -0.102. The van der Waals surface area contributed by atoms with Crippen LogP contribution in [0.4, 0.5) is 5.69 Å². The van der Waals surface area contributed by atoms with Gasteiger partial charge in [0, 0.05) is 30.4 Å². The van der Waals surface area contributed by atoms with Crippen molar-refractivity contribution in [1.29, 1.82) is 0 Å². The van der Waals surface area contributed by atoms with Crippen LogP contribution < -0.4 is 15.7 Å². The minimum atomic E-state index is -0.270. The van der Waals surface area contributed by atoms with Crippen LogP contribution in [-0.4, -0.2) is 48.6 Å². The fourth-order valence-electron chi connectivity index (χ4n) is 4.41. The third-order valence-corrected chi connectivity index (χ3v) is 6.41. The van der Waals surface area contributed by atoms with Gasteiger partial charge in [0.05, 0.1) is 25.5 Å². The first kappa shape index (κ1) is 22.8. The van der Waals surface area contributed by atoms with Gasteiger partial charge in [0.1, 0.15) is 12.7 Å². The van der Waals surface area contributed by atoms with Crippen LogP contribution >= 0.6 is 0 Å². The number of fused-ring (bicyclic) bond motifs is 3. The Hall–Kier alpha value is -2.38. The Kier molecular flexibility index (Phi) is 7.81. The average Bonchev–Trinajstić information content (AvgIpc) is 2.83. The van der Waals surface area contributed by atoms with Gasteiger partial charge in [-0.1, -0.05) is 39.2 Å². The molecule has 1 aromatic carbocycles. The Morgan fingerprint density at radius 1 is 1.28 bits per heavy atom. The van der Waals surface area contributed by atoms with E-state index in [0.717, 1.165) is 29.9 Å². The Labute approximate surface area is 190 Å². The Balaban J connectivity index is 1.47. The molecule has 2 aromatic rings. The van der Waals surface area contributed by atoms with Gasteiger partial charge in [-0.2, -0.15) is 4.98 Å². The lowest BCUT2D eigenvalue weighted by Crippen LogP contribution is -2.34. The average molecular weight is 442 g/mol. The summed E-state index contributed by atoms with van der Waals surface area (Å²) in [6.45, 7) is 8.14. The van der Waals surface area contributed by atoms with Crippen molar-refractivity contribution >= 4 is 5.69 Å². The molecule has 1 unspecified atom stereocenters. The summed E-state index contributed by atoms with van der Waals surface area (Å²) in [5.74, 6) is 1.04. The molecule has 7 heteroatoms. The minimum Gasteiger partial charge on any atom is -0.475 e. The van der Waals surface area contributed by atoms with E-state index in [9.17, 15) is 4.79 Å². The molecule has 0 aliphatic carbocycles. The third-order valence-electron chi connectivity index (χ3n) is 6.41. The SMILES string of the molecule is CCCCC(CC)CNc1ccc2c(c1)CCn1c-2cc(OC[C@@H]2COCCO2)nc1=O. The van der Waals surface area contributed by atoms with Gasteiger partial charge in [0.15, 0.2) is 0 Å². The van der Waals surface area contributed by atoms with Crippen molar-refractivity contribution < 1.29 is 14.2 Å². The zero-order valence-corrected chi connectivity index (χ0v) is 19.3. The van der Waals surface area contributed by atoms with Crippen LogP contribution in [0.25, 0.3) is 11.3 Å². The largest absolute Gasteiger partial charge is 0.475 e. The van der Waals surface area contributed by atoms with E-state index in [4.69, 9.17) is 14.2 Å². The molecule has 0 bridgehead atoms. The molecule has 1 saturated heterocycles. The normalized spacial score (nSPS) is 18.5. The van der Waals surface area contributed by atoms with E-state index in [-0.39, 0.29) is 11.8 Å². The highest BCUT2D eigenvalue weighted by atomic mass is 16.6. The van der Waals surface area contributed by atoms with Gasteiger partial charge in [0.25, 0.3) is 0 Å². The second-order valence-electron chi connectivity index (χ2n) is 8.71. The second kappa shape index (κ2) is 11.0. The van der Waals surface area contributed by atoms with Gasteiger partial charge in [-0.3, -0.25) is 4.57 Å². The van der Waals surface area contributed by atoms with E-state index < -0.39 is 0 Å². The molecule has 0 spiro atoms. The van der Waals surface area contributed by atoms with Crippen molar-refractivity contribution in [2.45, 2.75) is 58.6 Å². The number of anilines is 1. The zero-order chi connectivity index (χ0) is 22.3. The molecule has 174 valence electrons. The topological polar surface area (TPSA) is 74.6 Å². The van der Waals surface area contributed by atoms with Crippen molar-refractivity contribution in [3.8, 4) is 17.1 Å². The van der Waals surface area contributed by atoms with Crippen molar-refractivity contribution in [2.75, 3.05) is 38.3 Å². The monoisotopic (exact) mass is 441 g/mol. The quantitative estimate of drug-likeness (QED) is 0.603. The van der Waals surface area contributed by atoms with Gasteiger partial charge in [-0.05, 0) is 36.5 Å². The van der Waals surface area contributed by atoms with Crippen molar-refractivity contribution in [3.05, 3.63) is 40.3 Å². The number of unbranched alkanes of at least 4 members (excludes halogenated alkanes) is 1. The summed E-state index contributed by atoms with van der Waals surface area (Å²) in [6, 6.07) is 8.31. The first-order valence-electron chi connectivity index (χ1n) is 12.0. The number of ether oxygens (including phenoxy) is 3. The molecule has 3 heterocycles. The number of nitrogens with one attached hydrogen (secondary N) is 1. The van der Waals surface area contributed by atoms with Crippen LogP contribution in [-0.2, 0) is 22.4 Å². The molecule has 0 amide bonds. The molecule has 0 radical (unpaired) electrons. The lowest BCUT2D eigenvalue weighted by Gasteiger charge is -2.24. The zero-order valence-electron chi connectivity index (χ0n) is 19.3. The van der Waals surface area contributed by atoms with Gasteiger partial charge in [0.2, 0.25) is 5.88 Å². The lowest BCUT2D eigenvalue weighted by atomic mass is 9.96. The minimum absolute atomic E-state index is 0.130. The number of rotatable bonds is 10. The van der Waals surface area contributed by atoms with E-state index in [1.54, 1.807) is 4.57 Å². The van der Waals surface area contributed by atoms with E-state index in [1.807, 2.05) is 6.07 Å². The molecular weight excluding hydrogens is 406 g/mol. The first-order chi connectivity index (χ1) is 15.7. The maximum Gasteiger partial charge on any atom is 0.351 e.